The predicted molar refractivity (Wildman–Crippen MR) is 94.4 cm³/mol. The quantitative estimate of drug-likeness (QED) is 0.779. The van der Waals surface area contributed by atoms with Crippen molar-refractivity contribution < 1.29 is 14.3 Å². The van der Waals surface area contributed by atoms with Gasteiger partial charge in [0.1, 0.15) is 11.3 Å². The first-order chi connectivity index (χ1) is 12.7. The fourth-order valence-corrected chi connectivity index (χ4v) is 3.28. The number of carbonyl (C=O) groups is 2. The van der Waals surface area contributed by atoms with E-state index in [0.717, 1.165) is 29.8 Å². The number of aryl methyl sites for hydroxylation is 1. The summed E-state index contributed by atoms with van der Waals surface area (Å²) in [5, 5.41) is 7.17. The summed E-state index contributed by atoms with van der Waals surface area (Å²) >= 11 is 0. The molecule has 132 valence electrons. The van der Waals surface area contributed by atoms with Crippen LogP contribution in [0.2, 0.25) is 0 Å². The molecule has 1 amide bonds. The van der Waals surface area contributed by atoms with Crippen molar-refractivity contribution in [3.05, 3.63) is 59.0 Å². The number of nitrogens with zero attached hydrogens (tertiary/aromatic N) is 3. The molecule has 0 saturated carbocycles. The molecule has 0 saturated heterocycles. The zero-order valence-electron chi connectivity index (χ0n) is 14.4. The van der Waals surface area contributed by atoms with Crippen molar-refractivity contribution in [2.75, 3.05) is 7.11 Å². The molecule has 1 N–H and O–H groups in total. The minimum atomic E-state index is -0.263. The van der Waals surface area contributed by atoms with Crippen molar-refractivity contribution in [2.45, 2.75) is 25.8 Å². The summed E-state index contributed by atoms with van der Waals surface area (Å²) in [5.41, 5.74) is 3.18. The third-order valence-corrected chi connectivity index (χ3v) is 4.62. The molecule has 1 aromatic carbocycles. The lowest BCUT2D eigenvalue weighted by atomic mass is 9.96. The summed E-state index contributed by atoms with van der Waals surface area (Å²) in [6.07, 6.45) is 5.14. The summed E-state index contributed by atoms with van der Waals surface area (Å²) < 4.78 is 6.91. The molecule has 0 spiro atoms. The molecular formula is C19H18N4O3. The third-order valence-electron chi connectivity index (χ3n) is 4.62. The van der Waals surface area contributed by atoms with Gasteiger partial charge in [0.2, 0.25) is 0 Å². The number of amides is 1. The second-order valence-electron chi connectivity index (χ2n) is 6.18. The number of aromatic nitrogens is 3. The average Bonchev–Trinajstić information content (AvgIpc) is 3.11. The van der Waals surface area contributed by atoms with Gasteiger partial charge in [-0.15, -0.1) is 0 Å². The maximum Gasteiger partial charge on any atom is 0.257 e. The number of Topliss-reactive ketones (excluding diaryl/α,β-unsaturated/α-hetero) is 1. The number of hydrogen-bond acceptors (Lipinski definition) is 5. The van der Waals surface area contributed by atoms with Gasteiger partial charge >= 0.3 is 0 Å². The Morgan fingerprint density at radius 3 is 2.96 bits per heavy atom. The first kappa shape index (κ1) is 16.3. The lowest BCUT2D eigenvalue weighted by Gasteiger charge is -2.15. The Bertz CT molecular complexity index is 1010. The van der Waals surface area contributed by atoms with Gasteiger partial charge in [0.15, 0.2) is 11.4 Å². The van der Waals surface area contributed by atoms with Crippen LogP contribution in [0.25, 0.3) is 5.65 Å². The summed E-state index contributed by atoms with van der Waals surface area (Å²) in [5.74, 6) is 0.539. The van der Waals surface area contributed by atoms with E-state index in [0.29, 0.717) is 29.7 Å². The highest BCUT2D eigenvalue weighted by Crippen LogP contribution is 2.22. The van der Waals surface area contributed by atoms with Gasteiger partial charge in [-0.2, -0.15) is 5.10 Å². The van der Waals surface area contributed by atoms with E-state index < -0.39 is 0 Å². The van der Waals surface area contributed by atoms with Crippen LogP contribution in [0.5, 0.6) is 5.75 Å². The van der Waals surface area contributed by atoms with Gasteiger partial charge in [-0.3, -0.25) is 9.59 Å². The van der Waals surface area contributed by atoms with E-state index >= 15 is 0 Å². The molecule has 0 aliphatic heterocycles. The second kappa shape index (κ2) is 6.59. The first-order valence-corrected chi connectivity index (χ1v) is 8.48. The fraction of sp³-hybridized carbons (Fsp3) is 0.263. The van der Waals surface area contributed by atoms with E-state index in [1.165, 1.54) is 6.20 Å². The van der Waals surface area contributed by atoms with E-state index in [1.54, 1.807) is 17.8 Å². The lowest BCUT2D eigenvalue weighted by molar-refractivity contribution is 0.0950. The third kappa shape index (κ3) is 2.71. The van der Waals surface area contributed by atoms with Gasteiger partial charge in [-0.05, 0) is 18.9 Å². The number of benzene rings is 1. The number of nitrogens with one attached hydrogen (secondary N) is 1. The molecule has 4 rings (SSSR count). The SMILES string of the molecule is COc1ccccc1CNC(=O)c1cnn2c3c(cnc12)C(=O)CCC3. The van der Waals surface area contributed by atoms with Crippen LogP contribution in [0.15, 0.2) is 36.7 Å². The highest BCUT2D eigenvalue weighted by atomic mass is 16.5. The molecule has 2 aromatic heterocycles. The molecule has 0 radical (unpaired) electrons. The Morgan fingerprint density at radius 1 is 1.27 bits per heavy atom. The Hall–Kier alpha value is -3.22. The molecule has 1 aliphatic carbocycles. The van der Waals surface area contributed by atoms with E-state index in [9.17, 15) is 9.59 Å². The largest absolute Gasteiger partial charge is 0.496 e. The molecule has 3 aromatic rings. The van der Waals surface area contributed by atoms with Gasteiger partial charge in [0.25, 0.3) is 5.91 Å². The van der Waals surface area contributed by atoms with Crippen LogP contribution in [-0.2, 0) is 13.0 Å². The zero-order valence-corrected chi connectivity index (χ0v) is 14.4. The predicted octanol–water partition coefficient (Wildman–Crippen LogP) is 2.19. The van der Waals surface area contributed by atoms with Crippen LogP contribution in [-0.4, -0.2) is 33.4 Å². The Balaban J connectivity index is 1.61. The molecular weight excluding hydrogens is 332 g/mol. The van der Waals surface area contributed by atoms with Crippen LogP contribution in [0.3, 0.4) is 0 Å². The maximum atomic E-state index is 12.6. The number of methoxy groups -OCH3 is 1. The minimum absolute atomic E-state index is 0.0818. The standard InChI is InChI=1S/C19H18N4O3/c1-26-17-8-3-2-5-12(17)9-21-19(25)14-11-22-23-15-6-4-7-16(24)13(15)10-20-18(14)23/h2-3,5,8,10-11H,4,6-7,9H2,1H3,(H,21,25). The number of ether oxygens (including phenoxy) is 1. The highest BCUT2D eigenvalue weighted by Gasteiger charge is 2.23. The van der Waals surface area contributed by atoms with E-state index in [-0.39, 0.29) is 11.7 Å². The topological polar surface area (TPSA) is 85.6 Å². The number of hydrogen-bond donors (Lipinski definition) is 1. The normalized spacial score (nSPS) is 13.5. The first-order valence-electron chi connectivity index (χ1n) is 8.48. The molecule has 0 atom stereocenters. The van der Waals surface area contributed by atoms with Crippen molar-refractivity contribution in [3.63, 3.8) is 0 Å². The van der Waals surface area contributed by atoms with Crippen LogP contribution >= 0.6 is 0 Å². The van der Waals surface area contributed by atoms with E-state index in [2.05, 4.69) is 15.4 Å². The highest BCUT2D eigenvalue weighted by molar-refractivity contribution is 6.01. The summed E-state index contributed by atoms with van der Waals surface area (Å²) in [4.78, 5) is 28.9. The molecule has 1 aliphatic rings. The summed E-state index contributed by atoms with van der Waals surface area (Å²) in [6.45, 7) is 0.337. The Labute approximate surface area is 150 Å². The van der Waals surface area contributed by atoms with Crippen molar-refractivity contribution in [1.82, 2.24) is 19.9 Å². The lowest BCUT2D eigenvalue weighted by Crippen LogP contribution is -2.23. The van der Waals surface area contributed by atoms with Crippen molar-refractivity contribution in [2.24, 2.45) is 0 Å². The second-order valence-corrected chi connectivity index (χ2v) is 6.18. The average molecular weight is 350 g/mol. The minimum Gasteiger partial charge on any atom is -0.496 e. The number of fused-ring (bicyclic) bond motifs is 3. The molecule has 2 heterocycles. The monoisotopic (exact) mass is 350 g/mol. The van der Waals surface area contributed by atoms with Crippen LogP contribution in [0.1, 0.15) is 44.8 Å². The van der Waals surface area contributed by atoms with Gasteiger partial charge in [-0.1, -0.05) is 18.2 Å². The van der Waals surface area contributed by atoms with Crippen LogP contribution in [0, 0.1) is 0 Å². The van der Waals surface area contributed by atoms with Crippen molar-refractivity contribution in [3.8, 4) is 5.75 Å². The number of rotatable bonds is 4. The van der Waals surface area contributed by atoms with Gasteiger partial charge in [-0.25, -0.2) is 9.50 Å². The van der Waals surface area contributed by atoms with Crippen LogP contribution in [0.4, 0.5) is 0 Å². The fourth-order valence-electron chi connectivity index (χ4n) is 3.28. The number of ketones is 1. The maximum absolute atomic E-state index is 12.6. The van der Waals surface area contributed by atoms with Gasteiger partial charge < -0.3 is 10.1 Å². The smallest absolute Gasteiger partial charge is 0.257 e. The Morgan fingerprint density at radius 2 is 2.12 bits per heavy atom. The molecule has 26 heavy (non-hydrogen) atoms. The van der Waals surface area contributed by atoms with Crippen LogP contribution < -0.4 is 10.1 Å². The molecule has 7 nitrogen and oxygen atoms in total. The van der Waals surface area contributed by atoms with Crippen molar-refractivity contribution >= 4 is 17.3 Å². The van der Waals surface area contributed by atoms with Crippen molar-refractivity contribution in [1.29, 1.82) is 0 Å². The van der Waals surface area contributed by atoms with E-state index in [4.69, 9.17) is 4.74 Å². The Kier molecular flexibility index (Phi) is 4.12. The zero-order chi connectivity index (χ0) is 18.1. The van der Waals surface area contributed by atoms with E-state index in [1.807, 2.05) is 24.3 Å². The van der Waals surface area contributed by atoms with Gasteiger partial charge in [0.05, 0.1) is 24.6 Å². The number of carbonyl (C=O) groups excluding carboxylic acids is 2. The van der Waals surface area contributed by atoms with Gasteiger partial charge in [0, 0.05) is 24.7 Å². The molecule has 0 fully saturated rings. The molecule has 0 unspecified atom stereocenters. The molecule has 0 bridgehead atoms. The summed E-state index contributed by atoms with van der Waals surface area (Å²) in [6, 6.07) is 7.52. The molecule has 7 heteroatoms. The summed E-state index contributed by atoms with van der Waals surface area (Å²) in [7, 11) is 1.60. The number of para-hydroxylation sites is 1.